The molecule has 0 spiro atoms. The van der Waals surface area contributed by atoms with Crippen LogP contribution < -0.4 is 5.73 Å². The van der Waals surface area contributed by atoms with Crippen LogP contribution in [0.4, 0.5) is 0 Å². The number of Topliss-reactive ketones (excluding diaryl/α,β-unsaturated/α-hetero) is 1. The Kier molecular flexibility index (Phi) is 5.57. The predicted molar refractivity (Wildman–Crippen MR) is 95.0 cm³/mol. The molecule has 2 atom stereocenters. The highest BCUT2D eigenvalue weighted by Gasteiger charge is 2.36. The van der Waals surface area contributed by atoms with Crippen molar-refractivity contribution in [3.63, 3.8) is 0 Å². The standard InChI is InChI=1S/C19H25ClN2O2/c20-16-6-4-13(5-7-16)18(23)14-8-10-22(11-9-14)19(24)17-3-1-2-15(17)12-21/h4-7,14-15,17H,1-3,8-12,21H2/t15-,17-/m1/s1. The molecule has 5 heteroatoms. The van der Waals surface area contributed by atoms with Crippen molar-refractivity contribution in [3.05, 3.63) is 34.9 Å². The topological polar surface area (TPSA) is 63.4 Å². The molecule has 1 aromatic rings. The van der Waals surface area contributed by atoms with E-state index in [-0.39, 0.29) is 23.5 Å². The van der Waals surface area contributed by atoms with Gasteiger partial charge in [0.15, 0.2) is 5.78 Å². The van der Waals surface area contributed by atoms with Crippen LogP contribution in [-0.4, -0.2) is 36.2 Å². The smallest absolute Gasteiger partial charge is 0.226 e. The van der Waals surface area contributed by atoms with Crippen LogP contribution in [0, 0.1) is 17.8 Å². The van der Waals surface area contributed by atoms with E-state index in [1.807, 2.05) is 4.90 Å². The molecular weight excluding hydrogens is 324 g/mol. The van der Waals surface area contributed by atoms with Crippen LogP contribution in [0.5, 0.6) is 0 Å². The van der Waals surface area contributed by atoms with Gasteiger partial charge in [0.2, 0.25) is 5.91 Å². The first-order valence-electron chi connectivity index (χ1n) is 8.88. The fraction of sp³-hybridized carbons (Fsp3) is 0.579. The van der Waals surface area contributed by atoms with Crippen LogP contribution in [0.1, 0.15) is 42.5 Å². The molecule has 2 aliphatic rings. The normalized spacial score (nSPS) is 25.0. The first-order chi connectivity index (χ1) is 11.6. The predicted octanol–water partition coefficient (Wildman–Crippen LogP) is 3.14. The lowest BCUT2D eigenvalue weighted by molar-refractivity contribution is -0.137. The maximum Gasteiger partial charge on any atom is 0.226 e. The van der Waals surface area contributed by atoms with Gasteiger partial charge in [-0.25, -0.2) is 0 Å². The summed E-state index contributed by atoms with van der Waals surface area (Å²) >= 11 is 5.88. The monoisotopic (exact) mass is 348 g/mol. The van der Waals surface area contributed by atoms with Gasteiger partial charge in [0.1, 0.15) is 0 Å². The van der Waals surface area contributed by atoms with Gasteiger partial charge in [-0.05, 0) is 62.4 Å². The number of hydrogen-bond donors (Lipinski definition) is 1. The number of likely N-dealkylation sites (tertiary alicyclic amines) is 1. The molecule has 2 N–H and O–H groups in total. The van der Waals surface area contributed by atoms with Crippen molar-refractivity contribution in [2.24, 2.45) is 23.5 Å². The van der Waals surface area contributed by atoms with E-state index in [2.05, 4.69) is 0 Å². The molecule has 1 saturated heterocycles. The Morgan fingerprint density at radius 1 is 1.08 bits per heavy atom. The molecule has 1 saturated carbocycles. The van der Waals surface area contributed by atoms with Gasteiger partial charge in [-0.1, -0.05) is 18.0 Å². The molecule has 1 amide bonds. The number of amides is 1. The van der Waals surface area contributed by atoms with Crippen molar-refractivity contribution in [2.75, 3.05) is 19.6 Å². The first kappa shape index (κ1) is 17.4. The maximum absolute atomic E-state index is 12.7. The number of halogens is 1. The number of hydrogen-bond acceptors (Lipinski definition) is 3. The highest BCUT2D eigenvalue weighted by molar-refractivity contribution is 6.30. The van der Waals surface area contributed by atoms with Gasteiger partial charge in [-0.2, -0.15) is 0 Å². The zero-order chi connectivity index (χ0) is 17.1. The zero-order valence-electron chi connectivity index (χ0n) is 13.9. The number of carbonyl (C=O) groups is 2. The molecule has 0 bridgehead atoms. The number of benzene rings is 1. The number of ketones is 1. The molecule has 1 heterocycles. The minimum absolute atomic E-state index is 0.00380. The third-order valence-electron chi connectivity index (χ3n) is 5.59. The van der Waals surface area contributed by atoms with E-state index in [4.69, 9.17) is 17.3 Å². The average molecular weight is 349 g/mol. The van der Waals surface area contributed by atoms with Crippen molar-refractivity contribution in [1.82, 2.24) is 4.90 Å². The summed E-state index contributed by atoms with van der Waals surface area (Å²) < 4.78 is 0. The number of nitrogens with two attached hydrogens (primary N) is 1. The molecule has 2 fully saturated rings. The molecule has 0 radical (unpaired) electrons. The molecule has 0 unspecified atom stereocenters. The van der Waals surface area contributed by atoms with Gasteiger partial charge >= 0.3 is 0 Å². The van der Waals surface area contributed by atoms with Crippen molar-refractivity contribution in [3.8, 4) is 0 Å². The summed E-state index contributed by atoms with van der Waals surface area (Å²) in [4.78, 5) is 27.3. The quantitative estimate of drug-likeness (QED) is 0.850. The summed E-state index contributed by atoms with van der Waals surface area (Å²) in [5.74, 6) is 0.855. The third-order valence-corrected chi connectivity index (χ3v) is 5.84. The van der Waals surface area contributed by atoms with Crippen molar-refractivity contribution >= 4 is 23.3 Å². The van der Waals surface area contributed by atoms with Crippen LogP contribution in [0.15, 0.2) is 24.3 Å². The summed E-state index contributed by atoms with van der Waals surface area (Å²) in [6, 6.07) is 7.07. The van der Waals surface area contributed by atoms with Gasteiger partial charge in [0.25, 0.3) is 0 Å². The molecule has 24 heavy (non-hydrogen) atoms. The summed E-state index contributed by atoms with van der Waals surface area (Å²) in [5, 5.41) is 0.637. The molecule has 0 aromatic heterocycles. The Labute approximate surface area is 148 Å². The van der Waals surface area contributed by atoms with E-state index in [1.165, 1.54) is 0 Å². The lowest BCUT2D eigenvalue weighted by atomic mass is 9.87. The molecular formula is C19H25ClN2O2. The molecule has 3 rings (SSSR count). The van der Waals surface area contributed by atoms with Gasteiger partial charge < -0.3 is 10.6 Å². The third kappa shape index (κ3) is 3.65. The molecule has 1 aromatic carbocycles. The lowest BCUT2D eigenvalue weighted by Gasteiger charge is -2.34. The lowest BCUT2D eigenvalue weighted by Crippen LogP contribution is -2.44. The van der Waals surface area contributed by atoms with E-state index >= 15 is 0 Å². The van der Waals surface area contributed by atoms with E-state index in [9.17, 15) is 9.59 Å². The Morgan fingerprint density at radius 2 is 1.75 bits per heavy atom. The van der Waals surface area contributed by atoms with Crippen LogP contribution in [0.2, 0.25) is 5.02 Å². The minimum Gasteiger partial charge on any atom is -0.342 e. The zero-order valence-corrected chi connectivity index (χ0v) is 14.7. The largest absolute Gasteiger partial charge is 0.342 e. The van der Waals surface area contributed by atoms with Crippen LogP contribution in [0.3, 0.4) is 0 Å². The van der Waals surface area contributed by atoms with Crippen molar-refractivity contribution < 1.29 is 9.59 Å². The molecule has 4 nitrogen and oxygen atoms in total. The summed E-state index contributed by atoms with van der Waals surface area (Å²) in [5.41, 5.74) is 6.51. The fourth-order valence-electron chi connectivity index (χ4n) is 4.09. The highest BCUT2D eigenvalue weighted by atomic mass is 35.5. The van der Waals surface area contributed by atoms with Crippen molar-refractivity contribution in [2.45, 2.75) is 32.1 Å². The number of nitrogens with zero attached hydrogens (tertiary/aromatic N) is 1. The first-order valence-corrected chi connectivity index (χ1v) is 9.26. The van der Waals surface area contributed by atoms with Crippen LogP contribution >= 0.6 is 11.6 Å². The van der Waals surface area contributed by atoms with E-state index in [0.717, 1.165) is 32.1 Å². The molecule has 1 aliphatic carbocycles. The Bertz CT molecular complexity index is 594. The Morgan fingerprint density at radius 3 is 2.38 bits per heavy atom. The van der Waals surface area contributed by atoms with Gasteiger partial charge in [0, 0.05) is 35.5 Å². The number of carbonyl (C=O) groups excluding carboxylic acids is 2. The minimum atomic E-state index is 0.00380. The maximum atomic E-state index is 12.7. The van der Waals surface area contributed by atoms with Gasteiger partial charge in [-0.3, -0.25) is 9.59 Å². The van der Waals surface area contributed by atoms with E-state index < -0.39 is 0 Å². The average Bonchev–Trinajstić information content (AvgIpc) is 3.10. The van der Waals surface area contributed by atoms with Crippen molar-refractivity contribution in [1.29, 1.82) is 0 Å². The number of rotatable bonds is 4. The van der Waals surface area contributed by atoms with E-state index in [0.29, 0.717) is 36.1 Å². The Hall–Kier alpha value is -1.39. The van der Waals surface area contributed by atoms with Gasteiger partial charge in [-0.15, -0.1) is 0 Å². The SMILES string of the molecule is NC[C@H]1CCC[C@H]1C(=O)N1CCC(C(=O)c2ccc(Cl)cc2)CC1. The van der Waals surface area contributed by atoms with E-state index in [1.54, 1.807) is 24.3 Å². The second kappa shape index (κ2) is 7.66. The second-order valence-electron chi connectivity index (χ2n) is 7.00. The summed E-state index contributed by atoms with van der Waals surface area (Å²) in [6.07, 6.45) is 4.62. The van der Waals surface area contributed by atoms with Crippen LogP contribution in [-0.2, 0) is 4.79 Å². The fourth-order valence-corrected chi connectivity index (χ4v) is 4.22. The molecule has 130 valence electrons. The summed E-state index contributed by atoms with van der Waals surface area (Å²) in [6.45, 7) is 1.95. The highest BCUT2D eigenvalue weighted by Crippen LogP contribution is 2.33. The number of piperidine rings is 1. The Balaban J connectivity index is 1.56. The van der Waals surface area contributed by atoms with Crippen LogP contribution in [0.25, 0.3) is 0 Å². The summed E-state index contributed by atoms with van der Waals surface area (Å²) in [7, 11) is 0. The second-order valence-corrected chi connectivity index (χ2v) is 7.44. The molecule has 1 aliphatic heterocycles. The van der Waals surface area contributed by atoms with Gasteiger partial charge in [0.05, 0.1) is 0 Å².